The second-order valence-electron chi connectivity index (χ2n) is 6.05. The van der Waals surface area contributed by atoms with E-state index < -0.39 is 0 Å². The minimum Gasteiger partial charge on any atom is -0.383 e. The van der Waals surface area contributed by atoms with Crippen LogP contribution in [0, 0.1) is 5.82 Å². The van der Waals surface area contributed by atoms with E-state index in [0.29, 0.717) is 30.4 Å². The number of aromatic nitrogens is 3. The van der Waals surface area contributed by atoms with Crippen LogP contribution in [0.4, 0.5) is 10.1 Å². The molecule has 0 fully saturated rings. The highest BCUT2D eigenvalue weighted by Gasteiger charge is 2.15. The second kappa shape index (κ2) is 10.0. The van der Waals surface area contributed by atoms with Crippen molar-refractivity contribution in [3.8, 4) is 0 Å². The number of methoxy groups -OCH3 is 1. The van der Waals surface area contributed by atoms with Crippen LogP contribution in [-0.2, 0) is 22.5 Å². The largest absolute Gasteiger partial charge is 0.383 e. The molecule has 1 aromatic heterocycles. The molecule has 3 rings (SSSR count). The van der Waals surface area contributed by atoms with Crippen LogP contribution in [-0.4, -0.2) is 40.1 Å². The van der Waals surface area contributed by atoms with E-state index in [2.05, 4.69) is 15.5 Å². The molecule has 0 aliphatic carbocycles. The Bertz CT molecular complexity index is 900. The van der Waals surface area contributed by atoms with E-state index in [-0.39, 0.29) is 17.5 Å². The molecule has 0 aliphatic heterocycles. The zero-order chi connectivity index (χ0) is 19.8. The van der Waals surface area contributed by atoms with Gasteiger partial charge >= 0.3 is 0 Å². The lowest BCUT2D eigenvalue weighted by Crippen LogP contribution is -2.15. The maximum absolute atomic E-state index is 13.0. The zero-order valence-corrected chi connectivity index (χ0v) is 16.3. The lowest BCUT2D eigenvalue weighted by molar-refractivity contribution is -0.113. The average Bonchev–Trinajstić information content (AvgIpc) is 3.08. The van der Waals surface area contributed by atoms with Crippen molar-refractivity contribution in [2.45, 2.75) is 18.1 Å². The van der Waals surface area contributed by atoms with Gasteiger partial charge in [0.2, 0.25) is 5.91 Å². The van der Waals surface area contributed by atoms with Crippen molar-refractivity contribution in [3.05, 3.63) is 71.8 Å². The molecular formula is C20H21FN4O2S. The maximum atomic E-state index is 13.0. The number of nitrogens with zero attached hydrogens (tertiary/aromatic N) is 3. The number of benzene rings is 2. The highest BCUT2D eigenvalue weighted by molar-refractivity contribution is 7.99. The summed E-state index contributed by atoms with van der Waals surface area (Å²) in [5, 5.41) is 11.9. The summed E-state index contributed by atoms with van der Waals surface area (Å²) in [7, 11) is 1.64. The Morgan fingerprint density at radius 2 is 1.89 bits per heavy atom. The van der Waals surface area contributed by atoms with E-state index in [9.17, 15) is 9.18 Å². The minimum absolute atomic E-state index is 0.174. The number of hydrogen-bond donors (Lipinski definition) is 1. The molecule has 0 saturated carbocycles. The third kappa shape index (κ3) is 5.64. The number of thioether (sulfide) groups is 1. The van der Waals surface area contributed by atoms with E-state index in [1.807, 2.05) is 34.9 Å². The molecule has 8 heteroatoms. The Labute approximate surface area is 167 Å². The van der Waals surface area contributed by atoms with Crippen LogP contribution < -0.4 is 5.32 Å². The first-order valence-corrected chi connectivity index (χ1v) is 9.77. The van der Waals surface area contributed by atoms with Gasteiger partial charge in [0.1, 0.15) is 11.6 Å². The summed E-state index contributed by atoms with van der Waals surface area (Å²) >= 11 is 1.31. The molecule has 0 unspecified atom stereocenters. The lowest BCUT2D eigenvalue weighted by atomic mass is 10.1. The average molecular weight is 400 g/mol. The maximum Gasteiger partial charge on any atom is 0.234 e. The first kappa shape index (κ1) is 20.0. The lowest BCUT2D eigenvalue weighted by Gasteiger charge is -2.10. The molecule has 1 heterocycles. The summed E-state index contributed by atoms with van der Waals surface area (Å²) < 4.78 is 20.1. The van der Waals surface area contributed by atoms with Gasteiger partial charge in [0.25, 0.3) is 0 Å². The summed E-state index contributed by atoms with van der Waals surface area (Å²) in [4.78, 5) is 12.2. The Morgan fingerprint density at radius 3 is 2.61 bits per heavy atom. The SMILES string of the molecule is COCCn1c(Cc2ccccc2)nnc1SCC(=O)Nc1ccc(F)cc1. The number of rotatable bonds is 9. The summed E-state index contributed by atoms with van der Waals surface area (Å²) in [5.74, 6) is 0.463. The van der Waals surface area contributed by atoms with E-state index in [1.54, 1.807) is 7.11 Å². The predicted octanol–water partition coefficient (Wildman–Crippen LogP) is 3.39. The fourth-order valence-corrected chi connectivity index (χ4v) is 3.39. The highest BCUT2D eigenvalue weighted by atomic mass is 32.2. The Hall–Kier alpha value is -2.71. The molecule has 3 aromatic rings. The Morgan fingerprint density at radius 1 is 1.14 bits per heavy atom. The van der Waals surface area contributed by atoms with Crippen LogP contribution in [0.2, 0.25) is 0 Å². The first-order valence-electron chi connectivity index (χ1n) is 8.79. The van der Waals surface area contributed by atoms with Crippen molar-refractivity contribution in [1.29, 1.82) is 0 Å². The van der Waals surface area contributed by atoms with Crippen LogP contribution in [0.1, 0.15) is 11.4 Å². The molecular weight excluding hydrogens is 379 g/mol. The van der Waals surface area contributed by atoms with E-state index in [4.69, 9.17) is 4.74 Å². The number of carbonyl (C=O) groups excluding carboxylic acids is 1. The van der Waals surface area contributed by atoms with Gasteiger partial charge in [0, 0.05) is 25.8 Å². The van der Waals surface area contributed by atoms with Crippen LogP contribution in [0.3, 0.4) is 0 Å². The molecule has 0 radical (unpaired) electrons. The van der Waals surface area contributed by atoms with Crippen molar-refractivity contribution >= 4 is 23.4 Å². The van der Waals surface area contributed by atoms with Gasteiger partial charge in [0.05, 0.1) is 12.4 Å². The molecule has 146 valence electrons. The summed E-state index contributed by atoms with van der Waals surface area (Å²) in [6.45, 7) is 1.13. The number of amides is 1. The van der Waals surface area contributed by atoms with Gasteiger partial charge in [-0.2, -0.15) is 0 Å². The van der Waals surface area contributed by atoms with Crippen molar-refractivity contribution in [1.82, 2.24) is 14.8 Å². The zero-order valence-electron chi connectivity index (χ0n) is 15.5. The van der Waals surface area contributed by atoms with Crippen molar-refractivity contribution in [2.24, 2.45) is 0 Å². The number of halogens is 1. The fraction of sp³-hybridized carbons (Fsp3) is 0.250. The molecule has 28 heavy (non-hydrogen) atoms. The number of ether oxygens (including phenoxy) is 1. The summed E-state index contributed by atoms with van der Waals surface area (Å²) in [6.07, 6.45) is 0.653. The van der Waals surface area contributed by atoms with Crippen LogP contribution in [0.25, 0.3) is 0 Å². The topological polar surface area (TPSA) is 69.0 Å². The fourth-order valence-electron chi connectivity index (χ4n) is 2.60. The molecule has 0 atom stereocenters. The smallest absolute Gasteiger partial charge is 0.234 e. The Kier molecular flexibility index (Phi) is 7.16. The summed E-state index contributed by atoms with van der Waals surface area (Å²) in [6, 6.07) is 15.7. The number of hydrogen-bond acceptors (Lipinski definition) is 5. The third-order valence-electron chi connectivity index (χ3n) is 3.98. The van der Waals surface area contributed by atoms with Crippen molar-refractivity contribution in [2.75, 3.05) is 24.8 Å². The molecule has 0 spiro atoms. The predicted molar refractivity (Wildman–Crippen MR) is 107 cm³/mol. The highest BCUT2D eigenvalue weighted by Crippen LogP contribution is 2.19. The molecule has 6 nitrogen and oxygen atoms in total. The van der Waals surface area contributed by atoms with Crippen LogP contribution in [0.15, 0.2) is 59.8 Å². The number of anilines is 1. The van der Waals surface area contributed by atoms with E-state index in [0.717, 1.165) is 11.4 Å². The van der Waals surface area contributed by atoms with Gasteiger partial charge in [-0.1, -0.05) is 42.1 Å². The summed E-state index contributed by atoms with van der Waals surface area (Å²) in [5.41, 5.74) is 1.69. The van der Waals surface area contributed by atoms with Gasteiger partial charge in [-0.15, -0.1) is 10.2 Å². The van der Waals surface area contributed by atoms with Gasteiger partial charge in [-0.3, -0.25) is 4.79 Å². The molecule has 0 aliphatic rings. The van der Waals surface area contributed by atoms with Crippen molar-refractivity contribution < 1.29 is 13.9 Å². The molecule has 1 amide bonds. The molecule has 1 N–H and O–H groups in total. The first-order chi connectivity index (χ1) is 13.7. The van der Waals surface area contributed by atoms with Gasteiger partial charge in [-0.05, 0) is 29.8 Å². The monoisotopic (exact) mass is 400 g/mol. The molecule has 0 saturated heterocycles. The second-order valence-corrected chi connectivity index (χ2v) is 6.99. The number of nitrogens with one attached hydrogen (secondary N) is 1. The Balaban J connectivity index is 1.65. The quantitative estimate of drug-likeness (QED) is 0.558. The van der Waals surface area contributed by atoms with Crippen molar-refractivity contribution in [3.63, 3.8) is 0 Å². The van der Waals surface area contributed by atoms with E-state index >= 15 is 0 Å². The minimum atomic E-state index is -0.343. The molecule has 0 bridgehead atoms. The van der Waals surface area contributed by atoms with Crippen LogP contribution >= 0.6 is 11.8 Å². The standard InChI is InChI=1S/C20H21FN4O2S/c1-27-12-11-25-18(13-15-5-3-2-4-6-15)23-24-20(25)28-14-19(26)22-17-9-7-16(21)8-10-17/h2-10H,11-14H2,1H3,(H,22,26). The molecule has 2 aromatic carbocycles. The van der Waals surface area contributed by atoms with Gasteiger partial charge in [0.15, 0.2) is 5.16 Å². The van der Waals surface area contributed by atoms with E-state index in [1.165, 1.54) is 36.0 Å². The third-order valence-corrected chi connectivity index (χ3v) is 4.94. The normalized spacial score (nSPS) is 10.8. The van der Waals surface area contributed by atoms with Crippen LogP contribution in [0.5, 0.6) is 0 Å². The van der Waals surface area contributed by atoms with Gasteiger partial charge < -0.3 is 14.6 Å². The number of carbonyl (C=O) groups is 1. The van der Waals surface area contributed by atoms with Gasteiger partial charge in [-0.25, -0.2) is 4.39 Å².